The van der Waals surface area contributed by atoms with Crippen molar-refractivity contribution in [1.29, 1.82) is 0 Å². The summed E-state index contributed by atoms with van der Waals surface area (Å²) < 4.78 is 41.2. The minimum absolute atomic E-state index is 0.118. The van der Waals surface area contributed by atoms with E-state index in [1.165, 1.54) is 114 Å². The van der Waals surface area contributed by atoms with Crippen molar-refractivity contribution in [2.24, 2.45) is 29.6 Å². The highest BCUT2D eigenvalue weighted by atomic mass is 19.4. The Morgan fingerprint density at radius 1 is 0.727 bits per heavy atom. The van der Waals surface area contributed by atoms with Crippen LogP contribution in [0.15, 0.2) is 24.3 Å². The highest BCUT2D eigenvalue weighted by molar-refractivity contribution is 5.29. The lowest BCUT2D eigenvalue weighted by molar-refractivity contribution is -0.274. The van der Waals surface area contributed by atoms with Crippen molar-refractivity contribution in [3.05, 3.63) is 29.8 Å². The fraction of sp³-hybridized carbons (Fsp3) is 0.793. The van der Waals surface area contributed by atoms with Crippen LogP contribution >= 0.6 is 0 Å². The van der Waals surface area contributed by atoms with Crippen LogP contribution in [0.25, 0.3) is 0 Å². The molecule has 0 radical (unpaired) electrons. The van der Waals surface area contributed by atoms with Gasteiger partial charge in [-0.25, -0.2) is 0 Å². The summed E-state index contributed by atoms with van der Waals surface area (Å²) in [5.74, 6) is 5.13. The number of ether oxygens (including phenoxy) is 1. The van der Waals surface area contributed by atoms with E-state index >= 15 is 0 Å². The van der Waals surface area contributed by atoms with E-state index in [9.17, 15) is 13.2 Å². The topological polar surface area (TPSA) is 9.23 Å². The molecule has 4 atom stereocenters. The lowest BCUT2D eigenvalue weighted by atomic mass is 9.60. The van der Waals surface area contributed by atoms with Crippen LogP contribution in [-0.2, 0) is 0 Å². The first-order chi connectivity index (χ1) is 15.9. The average Bonchev–Trinajstić information content (AvgIpc) is 2.81. The molecule has 4 heteroatoms. The largest absolute Gasteiger partial charge is 0.573 e. The highest BCUT2D eigenvalue weighted by Gasteiger charge is 2.38. The zero-order valence-corrected chi connectivity index (χ0v) is 20.4. The minimum atomic E-state index is -4.62. The van der Waals surface area contributed by atoms with Gasteiger partial charge < -0.3 is 4.74 Å². The molecule has 0 N–H and O–H groups in total. The van der Waals surface area contributed by atoms with Gasteiger partial charge >= 0.3 is 6.36 Å². The molecule has 4 rings (SSSR count). The minimum Gasteiger partial charge on any atom is -0.406 e. The number of rotatable bonds is 8. The molecule has 0 bridgehead atoms. The Balaban J connectivity index is 1.20. The molecule has 1 aromatic carbocycles. The van der Waals surface area contributed by atoms with Crippen LogP contribution in [0.3, 0.4) is 0 Å². The number of hydrogen-bond acceptors (Lipinski definition) is 1. The maximum absolute atomic E-state index is 12.4. The van der Waals surface area contributed by atoms with E-state index in [-0.39, 0.29) is 5.75 Å². The highest BCUT2D eigenvalue weighted by Crippen LogP contribution is 2.50. The van der Waals surface area contributed by atoms with E-state index in [1.54, 1.807) is 0 Å². The summed E-state index contributed by atoms with van der Waals surface area (Å²) in [6.07, 6.45) is 16.2. The number of benzene rings is 1. The number of hydrogen-bond donors (Lipinski definition) is 0. The van der Waals surface area contributed by atoms with Gasteiger partial charge in [-0.2, -0.15) is 0 Å². The smallest absolute Gasteiger partial charge is 0.406 e. The summed E-state index contributed by atoms with van der Waals surface area (Å²) in [6.45, 7) is 2.30. The zero-order chi connectivity index (χ0) is 23.3. The van der Waals surface area contributed by atoms with Gasteiger partial charge in [-0.05, 0) is 111 Å². The predicted octanol–water partition coefficient (Wildman–Crippen LogP) is 9.66. The molecule has 3 saturated carbocycles. The maximum Gasteiger partial charge on any atom is 0.573 e. The molecule has 1 aromatic rings. The van der Waals surface area contributed by atoms with Crippen molar-refractivity contribution in [2.75, 3.05) is 0 Å². The molecule has 4 unspecified atom stereocenters. The van der Waals surface area contributed by atoms with Gasteiger partial charge in [0.1, 0.15) is 5.75 Å². The van der Waals surface area contributed by atoms with Gasteiger partial charge in [0.25, 0.3) is 0 Å². The standard InChI is InChI=1S/C29H43F3O/c1-2-3-4-5-6-21-7-8-27-20-26(14-13-25(27)19-21)24-11-9-22(10-12-24)23-15-17-28(18-16-23)33-29(30,31)32/h15-18,21-22,24-27H,2-14,19-20H2,1H3. The van der Waals surface area contributed by atoms with Gasteiger partial charge in [0.05, 0.1) is 0 Å². The van der Waals surface area contributed by atoms with E-state index in [4.69, 9.17) is 0 Å². The number of unbranched alkanes of at least 4 members (excludes halogenated alkanes) is 3. The Morgan fingerprint density at radius 2 is 1.33 bits per heavy atom. The van der Waals surface area contributed by atoms with Gasteiger partial charge in [0, 0.05) is 0 Å². The van der Waals surface area contributed by atoms with E-state index < -0.39 is 6.36 Å². The molecule has 3 aliphatic carbocycles. The predicted molar refractivity (Wildman–Crippen MR) is 128 cm³/mol. The first kappa shape index (κ1) is 24.9. The second-order valence-electron chi connectivity index (χ2n) is 11.4. The Kier molecular flexibility index (Phi) is 8.68. The first-order valence-corrected chi connectivity index (χ1v) is 13.8. The van der Waals surface area contributed by atoms with Crippen LogP contribution in [-0.4, -0.2) is 6.36 Å². The van der Waals surface area contributed by atoms with Gasteiger partial charge in [-0.1, -0.05) is 57.6 Å². The molecular weight excluding hydrogens is 421 g/mol. The third-order valence-electron chi connectivity index (χ3n) is 9.25. The van der Waals surface area contributed by atoms with Crippen LogP contribution in [0.4, 0.5) is 13.2 Å². The van der Waals surface area contributed by atoms with Crippen molar-refractivity contribution >= 4 is 0 Å². The second kappa shape index (κ2) is 11.5. The SMILES string of the molecule is CCCCCCC1CCC2CC(C3CCC(c4ccc(OC(F)(F)F)cc4)CC3)CCC2C1. The second-order valence-corrected chi connectivity index (χ2v) is 11.4. The van der Waals surface area contributed by atoms with Gasteiger partial charge in [0.2, 0.25) is 0 Å². The summed E-state index contributed by atoms with van der Waals surface area (Å²) >= 11 is 0. The number of alkyl halides is 3. The van der Waals surface area contributed by atoms with E-state index in [0.29, 0.717) is 5.92 Å². The molecule has 3 aliphatic rings. The third-order valence-corrected chi connectivity index (χ3v) is 9.25. The van der Waals surface area contributed by atoms with E-state index in [1.807, 2.05) is 12.1 Å². The third kappa shape index (κ3) is 7.15. The van der Waals surface area contributed by atoms with Crippen LogP contribution in [0, 0.1) is 29.6 Å². The normalized spacial score (nSPS) is 32.8. The van der Waals surface area contributed by atoms with Crippen molar-refractivity contribution in [2.45, 2.75) is 116 Å². The molecule has 0 amide bonds. The quantitative estimate of drug-likeness (QED) is 0.348. The molecule has 1 nitrogen and oxygen atoms in total. The molecule has 0 aliphatic heterocycles. The Bertz CT molecular complexity index is 705. The Labute approximate surface area is 198 Å². The summed E-state index contributed by atoms with van der Waals surface area (Å²) in [5.41, 5.74) is 1.17. The molecule has 186 valence electrons. The van der Waals surface area contributed by atoms with Crippen molar-refractivity contribution in [1.82, 2.24) is 0 Å². The fourth-order valence-electron chi connectivity index (χ4n) is 7.44. The molecule has 0 saturated heterocycles. The average molecular weight is 465 g/mol. The van der Waals surface area contributed by atoms with E-state index in [2.05, 4.69) is 11.7 Å². The molecule has 0 aromatic heterocycles. The van der Waals surface area contributed by atoms with Crippen molar-refractivity contribution in [3.63, 3.8) is 0 Å². The summed E-state index contributed by atoms with van der Waals surface area (Å²) in [6, 6.07) is 6.60. The maximum atomic E-state index is 12.4. The van der Waals surface area contributed by atoms with Gasteiger partial charge in [0.15, 0.2) is 0 Å². The summed E-state index contributed by atoms with van der Waals surface area (Å²) in [5, 5.41) is 0. The van der Waals surface area contributed by atoms with Gasteiger partial charge in [-0.15, -0.1) is 13.2 Å². The number of fused-ring (bicyclic) bond motifs is 1. The zero-order valence-electron chi connectivity index (χ0n) is 20.4. The summed E-state index contributed by atoms with van der Waals surface area (Å²) in [4.78, 5) is 0. The summed E-state index contributed by atoms with van der Waals surface area (Å²) in [7, 11) is 0. The van der Waals surface area contributed by atoms with E-state index in [0.717, 1.165) is 29.6 Å². The van der Waals surface area contributed by atoms with Crippen molar-refractivity contribution in [3.8, 4) is 5.75 Å². The lowest BCUT2D eigenvalue weighted by Gasteiger charge is -2.45. The molecule has 0 spiro atoms. The Hall–Kier alpha value is -1.19. The first-order valence-electron chi connectivity index (χ1n) is 13.8. The molecule has 0 heterocycles. The number of halogens is 3. The monoisotopic (exact) mass is 464 g/mol. The van der Waals surface area contributed by atoms with Crippen LogP contribution < -0.4 is 4.74 Å². The fourth-order valence-corrected chi connectivity index (χ4v) is 7.44. The van der Waals surface area contributed by atoms with Crippen LogP contribution in [0.2, 0.25) is 0 Å². The van der Waals surface area contributed by atoms with Crippen molar-refractivity contribution < 1.29 is 17.9 Å². The molecule has 3 fully saturated rings. The lowest BCUT2D eigenvalue weighted by Crippen LogP contribution is -2.34. The Morgan fingerprint density at radius 3 is 2.00 bits per heavy atom. The van der Waals surface area contributed by atoms with Crippen LogP contribution in [0.5, 0.6) is 5.75 Å². The van der Waals surface area contributed by atoms with Gasteiger partial charge in [-0.3, -0.25) is 0 Å². The molecular formula is C29H43F3O. The molecule has 33 heavy (non-hydrogen) atoms. The van der Waals surface area contributed by atoms with Crippen LogP contribution in [0.1, 0.15) is 115 Å².